The summed E-state index contributed by atoms with van der Waals surface area (Å²) in [5.41, 5.74) is 4.41. The predicted molar refractivity (Wildman–Crippen MR) is 94.9 cm³/mol. The number of carboxylic acids is 1. The fourth-order valence-corrected chi connectivity index (χ4v) is 3.29. The summed E-state index contributed by atoms with van der Waals surface area (Å²) in [5.74, 6) is -1.24. The molecule has 1 atom stereocenters. The van der Waals surface area contributed by atoms with Crippen LogP contribution in [-0.2, 0) is 14.3 Å². The zero-order valence-corrected chi connectivity index (χ0v) is 14.3. The molecular formula is C20H19NO5. The summed E-state index contributed by atoms with van der Waals surface area (Å²) in [6.07, 6.45) is -0.732. The van der Waals surface area contributed by atoms with Crippen molar-refractivity contribution in [2.75, 3.05) is 13.7 Å². The number of aliphatic carboxylic acids is 1. The van der Waals surface area contributed by atoms with Gasteiger partial charge in [0.25, 0.3) is 0 Å². The molecule has 0 fully saturated rings. The Balaban J connectivity index is 1.74. The first-order chi connectivity index (χ1) is 12.5. The Bertz CT molecular complexity index is 802. The van der Waals surface area contributed by atoms with Gasteiger partial charge in [0.1, 0.15) is 18.9 Å². The SMILES string of the molecule is CN(C(=O)OCC1c2ccccc2-c2ccccc21)[C@H](C=O)CC(=O)O. The monoisotopic (exact) mass is 353 g/mol. The molecule has 1 aliphatic carbocycles. The molecule has 0 spiro atoms. The van der Waals surface area contributed by atoms with E-state index in [2.05, 4.69) is 0 Å². The molecule has 6 nitrogen and oxygen atoms in total. The van der Waals surface area contributed by atoms with Crippen molar-refractivity contribution in [2.45, 2.75) is 18.4 Å². The second-order valence-corrected chi connectivity index (χ2v) is 6.22. The molecular weight excluding hydrogens is 334 g/mol. The zero-order chi connectivity index (χ0) is 18.7. The number of carbonyl (C=O) groups excluding carboxylic acids is 2. The van der Waals surface area contributed by atoms with Gasteiger partial charge in [0, 0.05) is 13.0 Å². The van der Waals surface area contributed by atoms with Crippen molar-refractivity contribution in [3.63, 3.8) is 0 Å². The summed E-state index contributed by atoms with van der Waals surface area (Å²) >= 11 is 0. The average molecular weight is 353 g/mol. The van der Waals surface area contributed by atoms with Gasteiger partial charge < -0.3 is 19.5 Å². The summed E-state index contributed by atoms with van der Waals surface area (Å²) in [6, 6.07) is 14.9. The molecule has 0 bridgehead atoms. The van der Waals surface area contributed by atoms with E-state index in [-0.39, 0.29) is 12.5 Å². The number of hydrogen-bond donors (Lipinski definition) is 1. The maximum Gasteiger partial charge on any atom is 0.410 e. The smallest absolute Gasteiger partial charge is 0.410 e. The highest BCUT2D eigenvalue weighted by atomic mass is 16.6. The Kier molecular flexibility index (Phi) is 5.02. The number of amides is 1. The van der Waals surface area contributed by atoms with Crippen LogP contribution in [-0.4, -0.2) is 48.1 Å². The van der Waals surface area contributed by atoms with Crippen LogP contribution in [0.4, 0.5) is 4.79 Å². The van der Waals surface area contributed by atoms with Gasteiger partial charge in [0.2, 0.25) is 0 Å². The van der Waals surface area contributed by atoms with E-state index in [9.17, 15) is 14.4 Å². The lowest BCUT2D eigenvalue weighted by atomic mass is 9.98. The highest BCUT2D eigenvalue weighted by molar-refractivity contribution is 5.80. The van der Waals surface area contributed by atoms with Gasteiger partial charge in [-0.25, -0.2) is 4.79 Å². The number of rotatable bonds is 6. The van der Waals surface area contributed by atoms with Crippen LogP contribution in [0, 0.1) is 0 Å². The summed E-state index contributed by atoms with van der Waals surface area (Å²) < 4.78 is 5.40. The van der Waals surface area contributed by atoms with Gasteiger partial charge in [-0.1, -0.05) is 48.5 Å². The number of ether oxygens (including phenoxy) is 1. The van der Waals surface area contributed by atoms with Crippen LogP contribution in [0.25, 0.3) is 11.1 Å². The van der Waals surface area contributed by atoms with Crippen LogP contribution >= 0.6 is 0 Å². The second kappa shape index (κ2) is 7.39. The molecule has 1 amide bonds. The maximum atomic E-state index is 12.3. The topological polar surface area (TPSA) is 83.9 Å². The largest absolute Gasteiger partial charge is 0.481 e. The minimum atomic E-state index is -1.15. The molecule has 6 heteroatoms. The maximum absolute atomic E-state index is 12.3. The Morgan fingerprint density at radius 2 is 1.65 bits per heavy atom. The lowest BCUT2D eigenvalue weighted by Gasteiger charge is -2.23. The third-order valence-electron chi connectivity index (χ3n) is 4.66. The van der Waals surface area contributed by atoms with Crippen LogP contribution in [0.2, 0.25) is 0 Å². The fraction of sp³-hybridized carbons (Fsp3) is 0.250. The first-order valence-corrected chi connectivity index (χ1v) is 8.27. The lowest BCUT2D eigenvalue weighted by Crippen LogP contribution is -2.40. The molecule has 26 heavy (non-hydrogen) atoms. The molecule has 0 saturated carbocycles. The van der Waals surface area contributed by atoms with Crippen molar-refractivity contribution in [3.8, 4) is 11.1 Å². The van der Waals surface area contributed by atoms with E-state index < -0.39 is 24.5 Å². The average Bonchev–Trinajstić information content (AvgIpc) is 2.97. The van der Waals surface area contributed by atoms with E-state index in [4.69, 9.17) is 9.84 Å². The van der Waals surface area contributed by atoms with Crippen LogP contribution in [0.3, 0.4) is 0 Å². The molecule has 2 aromatic rings. The van der Waals surface area contributed by atoms with Crippen molar-refractivity contribution in [3.05, 3.63) is 59.7 Å². The quantitative estimate of drug-likeness (QED) is 0.807. The van der Waals surface area contributed by atoms with Crippen molar-refractivity contribution >= 4 is 18.3 Å². The number of benzene rings is 2. The van der Waals surface area contributed by atoms with Gasteiger partial charge in [-0.3, -0.25) is 4.79 Å². The number of aldehydes is 1. The van der Waals surface area contributed by atoms with Gasteiger partial charge in [-0.05, 0) is 22.3 Å². The van der Waals surface area contributed by atoms with E-state index in [1.54, 1.807) is 0 Å². The molecule has 0 saturated heterocycles. The highest BCUT2D eigenvalue weighted by Gasteiger charge is 2.30. The Hall–Kier alpha value is -3.15. The van der Waals surface area contributed by atoms with Crippen molar-refractivity contribution in [2.24, 2.45) is 0 Å². The van der Waals surface area contributed by atoms with E-state index in [1.165, 1.54) is 7.05 Å². The number of carboxylic acid groups (broad SMARTS) is 1. The van der Waals surface area contributed by atoms with E-state index in [0.29, 0.717) is 6.29 Å². The molecule has 3 rings (SSSR count). The van der Waals surface area contributed by atoms with Crippen molar-refractivity contribution in [1.29, 1.82) is 0 Å². The molecule has 0 radical (unpaired) electrons. The van der Waals surface area contributed by atoms with Gasteiger partial charge in [-0.15, -0.1) is 0 Å². The molecule has 0 aromatic heterocycles. The molecule has 0 aliphatic heterocycles. The van der Waals surface area contributed by atoms with Gasteiger partial charge in [-0.2, -0.15) is 0 Å². The zero-order valence-electron chi connectivity index (χ0n) is 14.3. The molecule has 2 aromatic carbocycles. The number of nitrogens with zero attached hydrogens (tertiary/aromatic N) is 1. The lowest BCUT2D eigenvalue weighted by molar-refractivity contribution is -0.139. The van der Waals surface area contributed by atoms with E-state index in [0.717, 1.165) is 27.2 Å². The molecule has 1 aliphatic rings. The molecule has 134 valence electrons. The summed E-state index contributed by atoms with van der Waals surface area (Å²) in [5, 5.41) is 8.83. The minimum absolute atomic E-state index is 0.0890. The number of carbonyl (C=O) groups is 3. The molecule has 0 unspecified atom stereocenters. The number of hydrogen-bond acceptors (Lipinski definition) is 4. The van der Waals surface area contributed by atoms with Crippen LogP contribution in [0.15, 0.2) is 48.5 Å². The van der Waals surface area contributed by atoms with Crippen molar-refractivity contribution < 1.29 is 24.2 Å². The summed E-state index contributed by atoms with van der Waals surface area (Å²) in [6.45, 7) is 0.121. The van der Waals surface area contributed by atoms with Crippen LogP contribution < -0.4 is 0 Å². The van der Waals surface area contributed by atoms with E-state index >= 15 is 0 Å². The third kappa shape index (κ3) is 3.31. The van der Waals surface area contributed by atoms with Crippen molar-refractivity contribution in [1.82, 2.24) is 4.90 Å². The highest BCUT2D eigenvalue weighted by Crippen LogP contribution is 2.44. The first kappa shape index (κ1) is 17.7. The summed E-state index contributed by atoms with van der Waals surface area (Å²) in [7, 11) is 1.36. The predicted octanol–water partition coefficient (Wildman–Crippen LogP) is 2.91. The van der Waals surface area contributed by atoms with Gasteiger partial charge >= 0.3 is 12.1 Å². The normalized spacial score (nSPS) is 13.4. The Morgan fingerprint density at radius 3 is 2.15 bits per heavy atom. The first-order valence-electron chi connectivity index (χ1n) is 8.27. The Labute approximate surface area is 151 Å². The molecule has 0 heterocycles. The number of fused-ring (bicyclic) bond motifs is 3. The van der Waals surface area contributed by atoms with Gasteiger partial charge in [0.05, 0.1) is 6.42 Å². The minimum Gasteiger partial charge on any atom is -0.481 e. The molecule has 1 N–H and O–H groups in total. The third-order valence-corrected chi connectivity index (χ3v) is 4.66. The Morgan fingerprint density at radius 1 is 1.12 bits per heavy atom. The van der Waals surface area contributed by atoms with Crippen LogP contribution in [0.1, 0.15) is 23.5 Å². The van der Waals surface area contributed by atoms with Crippen LogP contribution in [0.5, 0.6) is 0 Å². The van der Waals surface area contributed by atoms with Gasteiger partial charge in [0.15, 0.2) is 0 Å². The second-order valence-electron chi connectivity index (χ2n) is 6.22. The fourth-order valence-electron chi connectivity index (χ4n) is 3.29. The van der Waals surface area contributed by atoms with E-state index in [1.807, 2.05) is 48.5 Å². The standard InChI is InChI=1S/C20H19NO5/c1-21(13(11-22)10-19(23)24)20(25)26-12-18-16-8-4-2-6-14(16)15-7-3-5-9-17(15)18/h2-9,11,13,18H,10,12H2,1H3,(H,23,24)/t13-/m0/s1. The number of likely N-dealkylation sites (N-methyl/N-ethyl adjacent to an activating group) is 1. The summed E-state index contributed by atoms with van der Waals surface area (Å²) in [4.78, 5) is 35.1.